The fraction of sp³-hybridized carbons (Fsp3) is 1.00. The standard InChI is InChI=1S/C16H31NO3S/c1-3-9-17-15-8-7-13(4-2)11-16(15)21(18,19)12-14-6-5-10-20-14/h13-17H,3-12H2,1-2H3. The normalized spacial score (nSPS) is 34.2. The fourth-order valence-electron chi connectivity index (χ4n) is 3.70. The summed E-state index contributed by atoms with van der Waals surface area (Å²) in [6.07, 6.45) is 6.95. The van der Waals surface area contributed by atoms with Crippen molar-refractivity contribution in [2.75, 3.05) is 18.9 Å². The van der Waals surface area contributed by atoms with Crippen LogP contribution in [0.15, 0.2) is 0 Å². The molecule has 4 unspecified atom stereocenters. The maximum atomic E-state index is 12.9. The summed E-state index contributed by atoms with van der Waals surface area (Å²) in [6.45, 7) is 5.93. The molecular formula is C16H31NO3S. The highest BCUT2D eigenvalue weighted by Gasteiger charge is 2.39. The van der Waals surface area contributed by atoms with Crippen molar-refractivity contribution in [3.8, 4) is 0 Å². The number of sulfone groups is 1. The Balaban J connectivity index is 2.05. The van der Waals surface area contributed by atoms with Crippen LogP contribution in [0.4, 0.5) is 0 Å². The van der Waals surface area contributed by atoms with Crippen LogP contribution in [-0.2, 0) is 14.6 Å². The van der Waals surface area contributed by atoms with E-state index < -0.39 is 9.84 Å². The van der Waals surface area contributed by atoms with Crippen LogP contribution in [0.2, 0.25) is 0 Å². The predicted octanol–water partition coefficient (Wildman–Crippen LogP) is 2.53. The van der Waals surface area contributed by atoms with Crippen molar-refractivity contribution in [1.29, 1.82) is 0 Å². The first-order valence-corrected chi connectivity index (χ1v) is 10.3. The van der Waals surface area contributed by atoms with E-state index in [1.807, 2.05) is 0 Å². The summed E-state index contributed by atoms with van der Waals surface area (Å²) in [5.74, 6) is 0.784. The maximum Gasteiger partial charge on any atom is 0.157 e. The lowest BCUT2D eigenvalue weighted by Gasteiger charge is -2.36. The molecule has 0 aromatic heterocycles. The van der Waals surface area contributed by atoms with Crippen LogP contribution in [0, 0.1) is 5.92 Å². The smallest absolute Gasteiger partial charge is 0.157 e. The first kappa shape index (κ1) is 17.2. The first-order chi connectivity index (χ1) is 10.1. The van der Waals surface area contributed by atoms with Gasteiger partial charge in [0.1, 0.15) is 0 Å². The van der Waals surface area contributed by atoms with Gasteiger partial charge < -0.3 is 10.1 Å². The van der Waals surface area contributed by atoms with Gasteiger partial charge in [0.15, 0.2) is 9.84 Å². The molecule has 2 fully saturated rings. The Labute approximate surface area is 129 Å². The molecular weight excluding hydrogens is 286 g/mol. The average Bonchev–Trinajstić information content (AvgIpc) is 2.97. The SMILES string of the molecule is CCCNC1CCC(CC)CC1S(=O)(=O)CC1CCCO1. The molecule has 0 bridgehead atoms. The maximum absolute atomic E-state index is 12.9. The Morgan fingerprint density at radius 3 is 2.62 bits per heavy atom. The number of rotatable bonds is 7. The summed E-state index contributed by atoms with van der Waals surface area (Å²) in [5.41, 5.74) is 0. The van der Waals surface area contributed by atoms with Gasteiger partial charge in [-0.25, -0.2) is 8.42 Å². The summed E-state index contributed by atoms with van der Waals surface area (Å²) < 4.78 is 31.3. The minimum absolute atomic E-state index is 0.0659. The summed E-state index contributed by atoms with van der Waals surface area (Å²) >= 11 is 0. The third kappa shape index (κ3) is 4.67. The summed E-state index contributed by atoms with van der Waals surface area (Å²) in [4.78, 5) is 0. The highest BCUT2D eigenvalue weighted by Crippen LogP contribution is 2.32. The van der Waals surface area contributed by atoms with Crippen LogP contribution >= 0.6 is 0 Å². The third-order valence-corrected chi connectivity index (χ3v) is 7.32. The molecule has 0 aromatic carbocycles. The lowest BCUT2D eigenvalue weighted by atomic mass is 9.84. The molecule has 1 saturated carbocycles. The summed E-state index contributed by atoms with van der Waals surface area (Å²) in [7, 11) is -3.08. The van der Waals surface area contributed by atoms with Crippen LogP contribution in [0.5, 0.6) is 0 Å². The fourth-order valence-corrected chi connectivity index (χ4v) is 6.03. The largest absolute Gasteiger partial charge is 0.377 e. The molecule has 0 amide bonds. The zero-order valence-corrected chi connectivity index (χ0v) is 14.3. The van der Waals surface area contributed by atoms with Crippen LogP contribution in [0.3, 0.4) is 0 Å². The van der Waals surface area contributed by atoms with Gasteiger partial charge >= 0.3 is 0 Å². The molecule has 2 rings (SSSR count). The highest BCUT2D eigenvalue weighted by atomic mass is 32.2. The van der Waals surface area contributed by atoms with Crippen molar-refractivity contribution < 1.29 is 13.2 Å². The van der Waals surface area contributed by atoms with Gasteiger partial charge in [0.05, 0.1) is 17.1 Å². The summed E-state index contributed by atoms with van der Waals surface area (Å²) in [5, 5.41) is 3.26. The Hall–Kier alpha value is -0.130. The lowest BCUT2D eigenvalue weighted by molar-refractivity contribution is 0.127. The Kier molecular flexibility index (Phi) is 6.51. The molecule has 1 heterocycles. The van der Waals surface area contributed by atoms with Crippen molar-refractivity contribution in [3.05, 3.63) is 0 Å². The highest BCUT2D eigenvalue weighted by molar-refractivity contribution is 7.92. The molecule has 4 atom stereocenters. The van der Waals surface area contributed by atoms with Gasteiger partial charge in [-0.2, -0.15) is 0 Å². The molecule has 0 aromatic rings. The molecule has 1 N–H and O–H groups in total. The molecule has 0 spiro atoms. The van der Waals surface area contributed by atoms with Gasteiger partial charge in [0.2, 0.25) is 0 Å². The minimum Gasteiger partial charge on any atom is -0.377 e. The number of hydrogen-bond donors (Lipinski definition) is 1. The van der Waals surface area contributed by atoms with Gasteiger partial charge in [-0.15, -0.1) is 0 Å². The quantitative estimate of drug-likeness (QED) is 0.784. The zero-order valence-electron chi connectivity index (χ0n) is 13.5. The number of hydrogen-bond acceptors (Lipinski definition) is 4. The monoisotopic (exact) mass is 317 g/mol. The van der Waals surface area contributed by atoms with Crippen LogP contribution in [-0.4, -0.2) is 44.7 Å². The van der Waals surface area contributed by atoms with Crippen molar-refractivity contribution in [2.45, 2.75) is 76.2 Å². The van der Waals surface area contributed by atoms with Crippen molar-refractivity contribution in [3.63, 3.8) is 0 Å². The van der Waals surface area contributed by atoms with E-state index in [1.54, 1.807) is 0 Å². The molecule has 5 heteroatoms. The molecule has 2 aliphatic rings. The molecule has 1 saturated heterocycles. The van der Waals surface area contributed by atoms with E-state index in [0.717, 1.165) is 58.1 Å². The third-order valence-electron chi connectivity index (χ3n) is 5.04. The van der Waals surface area contributed by atoms with E-state index in [1.165, 1.54) is 0 Å². The van der Waals surface area contributed by atoms with Crippen LogP contribution in [0.1, 0.15) is 58.8 Å². The van der Waals surface area contributed by atoms with E-state index in [9.17, 15) is 8.42 Å². The molecule has 0 radical (unpaired) electrons. The summed E-state index contributed by atoms with van der Waals surface area (Å²) in [6, 6.07) is 0.138. The second-order valence-electron chi connectivity index (χ2n) is 6.65. The van der Waals surface area contributed by atoms with Crippen molar-refractivity contribution in [2.24, 2.45) is 5.92 Å². The number of ether oxygens (including phenoxy) is 1. The second kappa shape index (κ2) is 7.93. The molecule has 21 heavy (non-hydrogen) atoms. The average molecular weight is 317 g/mol. The molecule has 1 aliphatic heterocycles. The Bertz CT molecular complexity index is 404. The zero-order chi connectivity index (χ0) is 15.3. The van der Waals surface area contributed by atoms with Crippen molar-refractivity contribution >= 4 is 9.84 Å². The van der Waals surface area contributed by atoms with E-state index in [-0.39, 0.29) is 23.1 Å². The van der Waals surface area contributed by atoms with Gasteiger partial charge in [-0.05, 0) is 51.0 Å². The van der Waals surface area contributed by atoms with Gasteiger partial charge in [0, 0.05) is 12.6 Å². The predicted molar refractivity (Wildman–Crippen MR) is 86.3 cm³/mol. The van der Waals surface area contributed by atoms with Crippen molar-refractivity contribution in [1.82, 2.24) is 5.32 Å². The topological polar surface area (TPSA) is 55.4 Å². The Morgan fingerprint density at radius 2 is 2.00 bits per heavy atom. The minimum atomic E-state index is -3.08. The van der Waals surface area contributed by atoms with Gasteiger partial charge in [0.25, 0.3) is 0 Å². The van der Waals surface area contributed by atoms with Crippen LogP contribution in [0.25, 0.3) is 0 Å². The molecule has 124 valence electrons. The van der Waals surface area contributed by atoms with Gasteiger partial charge in [-0.3, -0.25) is 0 Å². The van der Waals surface area contributed by atoms with Gasteiger partial charge in [-0.1, -0.05) is 20.3 Å². The second-order valence-corrected chi connectivity index (χ2v) is 8.92. The lowest BCUT2D eigenvalue weighted by Crippen LogP contribution is -2.49. The van der Waals surface area contributed by atoms with E-state index >= 15 is 0 Å². The van der Waals surface area contributed by atoms with E-state index in [2.05, 4.69) is 19.2 Å². The Morgan fingerprint density at radius 1 is 1.19 bits per heavy atom. The van der Waals surface area contributed by atoms with E-state index in [0.29, 0.717) is 5.92 Å². The van der Waals surface area contributed by atoms with E-state index in [4.69, 9.17) is 4.74 Å². The van der Waals surface area contributed by atoms with Crippen LogP contribution < -0.4 is 5.32 Å². The molecule has 4 nitrogen and oxygen atoms in total. The molecule has 1 aliphatic carbocycles. The first-order valence-electron chi connectivity index (χ1n) is 8.63. The number of nitrogens with one attached hydrogen (secondary N) is 1.